The lowest BCUT2D eigenvalue weighted by Gasteiger charge is -2.31. The van der Waals surface area contributed by atoms with Crippen molar-refractivity contribution in [1.29, 1.82) is 0 Å². The van der Waals surface area contributed by atoms with Crippen molar-refractivity contribution in [3.05, 3.63) is 0 Å². The number of hydrogen-bond acceptors (Lipinski definition) is 3. The zero-order valence-electron chi connectivity index (χ0n) is 10.8. The zero-order chi connectivity index (χ0) is 12.7. The van der Waals surface area contributed by atoms with Gasteiger partial charge in [0.1, 0.15) is 6.04 Å². The minimum atomic E-state index is -0.201. The molecule has 3 unspecified atom stereocenters. The second-order valence-corrected chi connectivity index (χ2v) is 5.46. The molecule has 0 saturated carbocycles. The molecule has 3 aliphatic heterocycles. The van der Waals surface area contributed by atoms with E-state index in [1.165, 1.54) is 0 Å². The van der Waals surface area contributed by atoms with Gasteiger partial charge in [0.25, 0.3) is 0 Å². The highest BCUT2D eigenvalue weighted by Gasteiger charge is 2.43. The molecule has 0 aromatic carbocycles. The van der Waals surface area contributed by atoms with Crippen molar-refractivity contribution in [3.8, 4) is 0 Å². The minimum Gasteiger partial charge on any atom is -0.376 e. The van der Waals surface area contributed by atoms with Gasteiger partial charge in [-0.3, -0.25) is 9.59 Å². The molecule has 0 aliphatic carbocycles. The van der Waals surface area contributed by atoms with E-state index in [1.807, 2.05) is 11.8 Å². The first-order valence-electron chi connectivity index (χ1n) is 6.90. The Morgan fingerprint density at radius 1 is 1.17 bits per heavy atom. The summed E-state index contributed by atoms with van der Waals surface area (Å²) in [6.45, 7) is 4.05. The standard InChI is InChI=1S/C13H20N2O3/c1-9-10(5-8-18-9)15-7-4-12(16)14-6-2-3-11(14)13(15)17/h9-11H,2-8H2,1H3. The number of nitrogens with zero attached hydrogens (tertiary/aromatic N) is 2. The van der Waals surface area contributed by atoms with Crippen LogP contribution in [0.1, 0.15) is 32.6 Å². The van der Waals surface area contributed by atoms with Gasteiger partial charge in [-0.25, -0.2) is 0 Å². The number of carbonyl (C=O) groups excluding carboxylic acids is 2. The molecule has 100 valence electrons. The summed E-state index contributed by atoms with van der Waals surface area (Å²) < 4.78 is 5.55. The summed E-state index contributed by atoms with van der Waals surface area (Å²) in [5, 5.41) is 0. The van der Waals surface area contributed by atoms with Crippen LogP contribution in [-0.4, -0.2) is 59.5 Å². The van der Waals surface area contributed by atoms with E-state index in [1.54, 1.807) is 4.90 Å². The van der Waals surface area contributed by atoms with Crippen LogP contribution in [0.25, 0.3) is 0 Å². The third-order valence-corrected chi connectivity index (χ3v) is 4.44. The smallest absolute Gasteiger partial charge is 0.245 e. The van der Waals surface area contributed by atoms with E-state index in [-0.39, 0.29) is 30.0 Å². The molecule has 3 aliphatic rings. The molecule has 3 rings (SSSR count). The van der Waals surface area contributed by atoms with E-state index < -0.39 is 0 Å². The van der Waals surface area contributed by atoms with E-state index in [0.717, 1.165) is 32.4 Å². The molecular formula is C13H20N2O3. The first kappa shape index (κ1) is 12.0. The summed E-state index contributed by atoms with van der Waals surface area (Å²) in [6, 6.07) is -0.0429. The van der Waals surface area contributed by atoms with E-state index in [0.29, 0.717) is 13.0 Å². The van der Waals surface area contributed by atoms with E-state index in [2.05, 4.69) is 0 Å². The second-order valence-electron chi connectivity index (χ2n) is 5.46. The van der Waals surface area contributed by atoms with Gasteiger partial charge in [0.15, 0.2) is 0 Å². The monoisotopic (exact) mass is 252 g/mol. The molecular weight excluding hydrogens is 232 g/mol. The number of fused-ring (bicyclic) bond motifs is 1. The van der Waals surface area contributed by atoms with Crippen molar-refractivity contribution in [1.82, 2.24) is 9.80 Å². The van der Waals surface area contributed by atoms with Crippen molar-refractivity contribution in [2.45, 2.75) is 50.8 Å². The predicted molar refractivity (Wildman–Crippen MR) is 64.9 cm³/mol. The van der Waals surface area contributed by atoms with Gasteiger partial charge in [0.05, 0.1) is 12.1 Å². The average Bonchev–Trinajstić information content (AvgIpc) is 2.96. The topological polar surface area (TPSA) is 49.9 Å². The molecule has 0 spiro atoms. The molecule has 5 heteroatoms. The van der Waals surface area contributed by atoms with E-state index in [9.17, 15) is 9.59 Å². The number of rotatable bonds is 1. The van der Waals surface area contributed by atoms with Gasteiger partial charge in [-0.05, 0) is 26.2 Å². The van der Waals surface area contributed by atoms with Crippen molar-refractivity contribution in [3.63, 3.8) is 0 Å². The first-order chi connectivity index (χ1) is 8.68. The van der Waals surface area contributed by atoms with Crippen molar-refractivity contribution >= 4 is 11.8 Å². The van der Waals surface area contributed by atoms with Gasteiger partial charge in [-0.1, -0.05) is 0 Å². The Morgan fingerprint density at radius 3 is 2.72 bits per heavy atom. The number of amides is 2. The second kappa shape index (κ2) is 4.53. The first-order valence-corrected chi connectivity index (χ1v) is 6.90. The zero-order valence-corrected chi connectivity index (χ0v) is 10.8. The molecule has 0 aromatic heterocycles. The van der Waals surface area contributed by atoms with Gasteiger partial charge >= 0.3 is 0 Å². The molecule has 3 atom stereocenters. The van der Waals surface area contributed by atoms with Crippen molar-refractivity contribution < 1.29 is 14.3 Å². The van der Waals surface area contributed by atoms with E-state index >= 15 is 0 Å². The Kier molecular flexibility index (Phi) is 3.01. The van der Waals surface area contributed by atoms with Gasteiger partial charge in [0.2, 0.25) is 11.8 Å². The molecule has 0 bridgehead atoms. The highest BCUT2D eigenvalue weighted by Crippen LogP contribution is 2.28. The summed E-state index contributed by atoms with van der Waals surface area (Å²) in [5.74, 6) is 0.278. The Balaban J connectivity index is 1.83. The number of hydrogen-bond donors (Lipinski definition) is 0. The molecule has 0 N–H and O–H groups in total. The van der Waals surface area contributed by atoms with Crippen LogP contribution < -0.4 is 0 Å². The number of carbonyl (C=O) groups is 2. The van der Waals surface area contributed by atoms with Crippen LogP contribution in [-0.2, 0) is 14.3 Å². The van der Waals surface area contributed by atoms with Gasteiger partial charge in [0, 0.05) is 26.1 Å². The Hall–Kier alpha value is -1.10. The normalized spacial score (nSPS) is 37.1. The van der Waals surface area contributed by atoms with Crippen LogP contribution in [0.15, 0.2) is 0 Å². The van der Waals surface area contributed by atoms with E-state index in [4.69, 9.17) is 4.74 Å². The molecule has 3 saturated heterocycles. The Morgan fingerprint density at radius 2 is 2.00 bits per heavy atom. The van der Waals surface area contributed by atoms with Crippen LogP contribution >= 0.6 is 0 Å². The molecule has 0 radical (unpaired) electrons. The highest BCUT2D eigenvalue weighted by molar-refractivity contribution is 5.90. The Bertz CT molecular complexity index is 371. The van der Waals surface area contributed by atoms with Crippen LogP contribution in [0.4, 0.5) is 0 Å². The quantitative estimate of drug-likeness (QED) is 0.678. The average molecular weight is 252 g/mol. The molecule has 5 nitrogen and oxygen atoms in total. The molecule has 18 heavy (non-hydrogen) atoms. The minimum absolute atomic E-state index is 0.0944. The lowest BCUT2D eigenvalue weighted by molar-refractivity contribution is -0.141. The lowest BCUT2D eigenvalue weighted by Crippen LogP contribution is -2.49. The molecule has 2 amide bonds. The fourth-order valence-corrected chi connectivity index (χ4v) is 3.44. The molecule has 3 fully saturated rings. The van der Waals surface area contributed by atoms with Crippen LogP contribution in [0.2, 0.25) is 0 Å². The largest absolute Gasteiger partial charge is 0.376 e. The SMILES string of the molecule is CC1OCCC1N1CCC(=O)N2CCCC2C1=O. The predicted octanol–water partition coefficient (Wildman–Crippen LogP) is 0.387. The summed E-state index contributed by atoms with van der Waals surface area (Å²) in [5.41, 5.74) is 0. The molecule has 0 aromatic rings. The number of ether oxygens (including phenoxy) is 1. The van der Waals surface area contributed by atoms with Crippen molar-refractivity contribution in [2.24, 2.45) is 0 Å². The summed E-state index contributed by atoms with van der Waals surface area (Å²) in [7, 11) is 0. The maximum Gasteiger partial charge on any atom is 0.245 e. The van der Waals surface area contributed by atoms with Gasteiger partial charge in [-0.15, -0.1) is 0 Å². The van der Waals surface area contributed by atoms with Gasteiger partial charge < -0.3 is 14.5 Å². The summed E-state index contributed by atoms with van der Waals surface area (Å²) >= 11 is 0. The highest BCUT2D eigenvalue weighted by atomic mass is 16.5. The Labute approximate surface area is 107 Å². The fourth-order valence-electron chi connectivity index (χ4n) is 3.44. The van der Waals surface area contributed by atoms with Crippen LogP contribution in [0, 0.1) is 0 Å². The van der Waals surface area contributed by atoms with Gasteiger partial charge in [-0.2, -0.15) is 0 Å². The third-order valence-electron chi connectivity index (χ3n) is 4.44. The maximum atomic E-state index is 12.6. The fraction of sp³-hybridized carbons (Fsp3) is 0.846. The molecule has 3 heterocycles. The summed E-state index contributed by atoms with van der Waals surface area (Å²) in [4.78, 5) is 28.3. The van der Waals surface area contributed by atoms with Crippen LogP contribution in [0.5, 0.6) is 0 Å². The maximum absolute atomic E-state index is 12.6. The summed E-state index contributed by atoms with van der Waals surface area (Å²) in [6.07, 6.45) is 3.23. The van der Waals surface area contributed by atoms with Crippen LogP contribution in [0.3, 0.4) is 0 Å². The third kappa shape index (κ3) is 1.81. The van der Waals surface area contributed by atoms with Crippen molar-refractivity contribution in [2.75, 3.05) is 19.7 Å². The lowest BCUT2D eigenvalue weighted by atomic mass is 10.1.